The molecule has 0 bridgehead atoms. The van der Waals surface area contributed by atoms with E-state index in [1.165, 1.54) is 4.98 Å². The summed E-state index contributed by atoms with van der Waals surface area (Å²) in [4.78, 5) is 102. The van der Waals surface area contributed by atoms with Crippen molar-refractivity contribution in [3.8, 4) is 0 Å². The molecule has 0 atom stereocenters. The molecule has 0 radical (unpaired) electrons. The Bertz CT molecular complexity index is 2250. The van der Waals surface area contributed by atoms with Crippen molar-refractivity contribution in [2.75, 3.05) is 19.8 Å². The summed E-state index contributed by atoms with van der Waals surface area (Å²) < 4.78 is 159. The Hall–Kier alpha value is -5.06. The predicted octanol–water partition coefficient (Wildman–Crippen LogP) is 0.464. The first-order valence-electron chi connectivity index (χ1n) is 17.2. The third-order valence-corrected chi connectivity index (χ3v) is 7.58. The lowest BCUT2D eigenvalue weighted by atomic mass is 10.0. The van der Waals surface area contributed by atoms with E-state index in [4.69, 9.17) is 9.47 Å². The van der Waals surface area contributed by atoms with Gasteiger partial charge in [0.15, 0.2) is 0 Å². The number of aliphatic hydroxyl groups is 1. The maximum atomic E-state index is 14.2. The number of halogens is 10. The van der Waals surface area contributed by atoms with Gasteiger partial charge in [-0.2, -0.15) is 43.9 Å². The Labute approximate surface area is 328 Å². The summed E-state index contributed by atoms with van der Waals surface area (Å²) >= 11 is 0. The minimum atomic E-state index is -7.67. The number of hydrogen-bond acceptors (Lipinski definition) is 13. The first-order chi connectivity index (χ1) is 27.1. The van der Waals surface area contributed by atoms with Crippen LogP contribution in [-0.4, -0.2) is 106 Å². The molecule has 2 aromatic rings. The van der Waals surface area contributed by atoms with Crippen molar-refractivity contribution in [3.05, 3.63) is 62.9 Å². The van der Waals surface area contributed by atoms with Gasteiger partial charge in [-0.3, -0.25) is 14.6 Å². The minimum absolute atomic E-state index is 0.0901. The van der Waals surface area contributed by atoms with Gasteiger partial charge in [0.2, 0.25) is 0 Å². The molecule has 2 rings (SSSR count). The zero-order valence-corrected chi connectivity index (χ0v) is 32.4. The van der Waals surface area contributed by atoms with E-state index in [1.807, 2.05) is 0 Å². The van der Waals surface area contributed by atoms with Crippen molar-refractivity contribution in [1.82, 2.24) is 27.8 Å². The molecule has 0 fully saturated rings. The number of hydrogen-bond donors (Lipinski definition) is 2. The van der Waals surface area contributed by atoms with Crippen LogP contribution in [0.25, 0.3) is 0 Å². The van der Waals surface area contributed by atoms with Gasteiger partial charge < -0.3 is 24.1 Å². The number of nitrogens with zero attached hydrogens (tertiary/aromatic N) is 5. The highest BCUT2D eigenvalue weighted by atomic mass is 19.4. The molecule has 0 aliphatic heterocycles. The smallest absolute Gasteiger partial charge is 0.464 e. The zero-order valence-electron chi connectivity index (χ0n) is 32.4. The number of carbonyl (C=O) groups is 2. The van der Waals surface area contributed by atoms with E-state index in [0.717, 1.165) is 0 Å². The number of rotatable bonds is 20. The number of aliphatic hydroxyl groups excluding tert-OH is 1. The molecule has 60 heavy (non-hydrogen) atoms. The monoisotopic (exact) mass is 894 g/mol. The number of ether oxygens (including phenoxy) is 4. The highest BCUT2D eigenvalue weighted by molar-refractivity contribution is 5.70. The predicted molar refractivity (Wildman–Crippen MR) is 179 cm³/mol. The highest BCUT2D eigenvalue weighted by Crippen LogP contribution is 2.58. The SMILES string of the molecule is CC(C)(C)OCCn1c(=O)n(CCO)c(=O)n(CCOC(=O)CCn2c(=O)[nH]c(=O)n(CCC(=O)OC(F)(F)C(F)(F)C(F)(F)C(F)(F)C(F)(F)OC(C)(C)C)c2=O)c1=O. The summed E-state index contributed by atoms with van der Waals surface area (Å²) in [7, 11) is 0. The number of alkyl halides is 10. The van der Waals surface area contributed by atoms with Crippen LogP contribution in [0.1, 0.15) is 54.4 Å². The molecule has 0 aliphatic rings. The number of H-pyrrole nitrogens is 1. The summed E-state index contributed by atoms with van der Waals surface area (Å²) in [5.41, 5.74) is -11.4. The normalized spacial score (nSPS) is 13.4. The maximum absolute atomic E-state index is 14.2. The first kappa shape index (κ1) is 51.1. The summed E-state index contributed by atoms with van der Waals surface area (Å²) in [6, 6.07) is 0. The van der Waals surface area contributed by atoms with Crippen LogP contribution in [0.15, 0.2) is 28.8 Å². The summed E-state index contributed by atoms with van der Waals surface area (Å²) in [6.45, 7) is 1.39. The standard InChI is InChI=1S/C31H40F10N6O13/c1-25(2,3)58-16-13-47-23(55)45(11-14-48)22(54)46(24(47)56)12-15-57-17(49)7-9-43-19(51)42-20(52)44(21(43)53)10-8-18(50)59-30(38,39)28(34,35)27(32,33)29(36,37)31(40,41)60-26(4,5)6/h48H,7-16H2,1-6H3,(H,42,51,52). The molecule has 0 unspecified atom stereocenters. The fourth-order valence-electron chi connectivity index (χ4n) is 4.74. The molecular weight excluding hydrogens is 854 g/mol. The first-order valence-corrected chi connectivity index (χ1v) is 17.2. The van der Waals surface area contributed by atoms with Crippen molar-refractivity contribution in [2.24, 2.45) is 0 Å². The Morgan fingerprint density at radius 2 is 0.933 bits per heavy atom. The molecule has 0 aliphatic carbocycles. The quantitative estimate of drug-likeness (QED) is 0.136. The number of aromatic amines is 1. The van der Waals surface area contributed by atoms with Gasteiger partial charge in [-0.1, -0.05) is 0 Å². The maximum Gasteiger partial charge on any atom is 0.473 e. The lowest BCUT2D eigenvalue weighted by Crippen LogP contribution is -2.69. The van der Waals surface area contributed by atoms with Gasteiger partial charge in [-0.25, -0.2) is 51.6 Å². The molecule has 0 amide bonds. The van der Waals surface area contributed by atoms with Crippen LogP contribution in [-0.2, 0) is 61.3 Å². The van der Waals surface area contributed by atoms with Crippen molar-refractivity contribution >= 4 is 11.9 Å². The van der Waals surface area contributed by atoms with Crippen LogP contribution < -0.4 is 34.1 Å². The lowest BCUT2D eigenvalue weighted by Gasteiger charge is -2.39. The van der Waals surface area contributed by atoms with Gasteiger partial charge in [-0.15, -0.1) is 0 Å². The molecule has 0 aromatic carbocycles. The van der Waals surface area contributed by atoms with Gasteiger partial charge in [0.1, 0.15) is 6.61 Å². The van der Waals surface area contributed by atoms with Gasteiger partial charge in [0, 0.05) is 13.1 Å². The summed E-state index contributed by atoms with van der Waals surface area (Å²) in [5, 5.41) is 9.29. The van der Waals surface area contributed by atoms with Gasteiger partial charge in [0.05, 0.1) is 56.9 Å². The second-order valence-corrected chi connectivity index (χ2v) is 14.5. The van der Waals surface area contributed by atoms with Crippen LogP contribution in [0.2, 0.25) is 0 Å². The van der Waals surface area contributed by atoms with Gasteiger partial charge >= 0.3 is 76.1 Å². The second kappa shape index (κ2) is 18.3. The van der Waals surface area contributed by atoms with E-state index < -0.39 is 139 Å². The average Bonchev–Trinajstić information content (AvgIpc) is 3.07. The van der Waals surface area contributed by atoms with Crippen LogP contribution in [0.5, 0.6) is 0 Å². The van der Waals surface area contributed by atoms with E-state index in [0.29, 0.717) is 34.5 Å². The van der Waals surface area contributed by atoms with Gasteiger partial charge in [-0.05, 0) is 41.5 Å². The van der Waals surface area contributed by atoms with E-state index >= 15 is 0 Å². The zero-order chi connectivity index (χ0) is 46.6. The minimum Gasteiger partial charge on any atom is -0.464 e. The molecule has 0 saturated heterocycles. The third kappa shape index (κ3) is 11.4. The number of esters is 2. The van der Waals surface area contributed by atoms with Crippen molar-refractivity contribution in [2.45, 2.75) is 128 Å². The molecule has 19 nitrogen and oxygen atoms in total. The van der Waals surface area contributed by atoms with Crippen LogP contribution in [0, 0.1) is 0 Å². The van der Waals surface area contributed by atoms with E-state index in [-0.39, 0.29) is 22.3 Å². The van der Waals surface area contributed by atoms with Crippen molar-refractivity contribution in [1.29, 1.82) is 0 Å². The molecule has 2 N–H and O–H groups in total. The largest absolute Gasteiger partial charge is 0.473 e. The fourth-order valence-corrected chi connectivity index (χ4v) is 4.74. The Balaban J connectivity index is 2.19. The van der Waals surface area contributed by atoms with Crippen molar-refractivity contribution in [3.63, 3.8) is 0 Å². The van der Waals surface area contributed by atoms with E-state index in [9.17, 15) is 87.4 Å². The van der Waals surface area contributed by atoms with Crippen LogP contribution >= 0.6 is 0 Å². The second-order valence-electron chi connectivity index (χ2n) is 14.5. The molecular formula is C31H40F10N6O13. The van der Waals surface area contributed by atoms with Crippen LogP contribution in [0.4, 0.5) is 43.9 Å². The average molecular weight is 895 g/mol. The molecule has 0 saturated carbocycles. The molecule has 342 valence electrons. The number of nitrogens with one attached hydrogen (secondary N) is 1. The van der Waals surface area contributed by atoms with Gasteiger partial charge in [0.25, 0.3) is 0 Å². The van der Waals surface area contributed by atoms with E-state index in [1.54, 1.807) is 20.8 Å². The third-order valence-electron chi connectivity index (χ3n) is 7.58. The van der Waals surface area contributed by atoms with E-state index in [2.05, 4.69) is 9.47 Å². The summed E-state index contributed by atoms with van der Waals surface area (Å²) in [6.07, 6.45) is -16.1. The highest BCUT2D eigenvalue weighted by Gasteiger charge is 2.88. The molecule has 29 heteroatoms. The Morgan fingerprint density at radius 1 is 0.533 bits per heavy atom. The lowest BCUT2D eigenvalue weighted by molar-refractivity contribution is -0.472. The molecule has 0 spiro atoms. The summed E-state index contributed by atoms with van der Waals surface area (Å²) in [5.74, 6) is -26.5. The molecule has 2 aromatic heterocycles. The Morgan fingerprint density at radius 3 is 1.37 bits per heavy atom. The van der Waals surface area contributed by atoms with Crippen LogP contribution in [0.3, 0.4) is 0 Å². The Kier molecular flexibility index (Phi) is 15.6. The number of carbonyl (C=O) groups excluding carboxylic acids is 2. The molecule has 2 heterocycles. The number of aromatic nitrogens is 6. The van der Waals surface area contributed by atoms with Crippen molar-refractivity contribution < 1.29 is 77.5 Å². The fraction of sp³-hybridized carbons (Fsp3) is 0.742. The topological polar surface area (TPSA) is 234 Å².